The Balaban J connectivity index is 2.06. The van der Waals surface area contributed by atoms with Crippen LogP contribution in [0.1, 0.15) is 25.7 Å². The zero-order valence-corrected chi connectivity index (χ0v) is 34.1. The Hall–Kier alpha value is -2.91. The van der Waals surface area contributed by atoms with Gasteiger partial charge in [0.15, 0.2) is 31.1 Å². The standard InChI is InChI=1S/C30H51N3O27P2/c31-13-10-52-30(24(45)22(13)43)60-62(49,50)59-29-20(33-17(40)4-8-51-12-38)26(56-18(41)2-6-35)23(44)15(55-29)11-53-28-21(32-16(39)1-5-34)27(57-19(42)3-7-36)25(14(9-37)54-28)58-61(46,47)48/h12-15,20-30,34-37,43-45H,1-11,31H2,(H,32,39)(H,33,40)(H,49,50)(H2,46,47,48)/t13-,14+,15+,20+,21+,22-,23+,24+,25+,26+,27+,28+,29+,30+/m0/s1. The lowest BCUT2D eigenvalue weighted by Gasteiger charge is -2.47. The first-order valence-corrected chi connectivity index (χ1v) is 21.4. The molecule has 358 valence electrons. The molecular weight excluding hydrogens is 896 g/mol. The van der Waals surface area contributed by atoms with Crippen LogP contribution in [-0.2, 0) is 79.8 Å². The molecule has 3 heterocycles. The van der Waals surface area contributed by atoms with Gasteiger partial charge in [0.1, 0.15) is 48.7 Å². The van der Waals surface area contributed by atoms with Crippen molar-refractivity contribution in [3.8, 4) is 0 Å². The topological polar surface area (TPSA) is 464 Å². The number of phosphoric ester groups is 2. The van der Waals surface area contributed by atoms with E-state index in [0.29, 0.717) is 0 Å². The van der Waals surface area contributed by atoms with Gasteiger partial charge < -0.3 is 100.0 Å². The molecule has 0 aromatic carbocycles. The number of carbonyl (C=O) groups is 5. The summed E-state index contributed by atoms with van der Waals surface area (Å²) in [4.78, 5) is 91.7. The summed E-state index contributed by atoms with van der Waals surface area (Å²) in [6.45, 7) is -5.52. The SMILES string of the molecule is N[C@H]1CO[C@H](OP(=O)(O)O[C@H]2O[C@H](CO[C@@H]3O[C@H](CO)[C@@H](OP(=O)(O)O)[C@H](OC(=O)CCO)[C@H]3NC(=O)CCO)[C@@H](O)[C@H](OC(=O)CCO)[C@H]2NC(=O)CCOC=O)[C@H](O)[C@H]1O. The average Bonchev–Trinajstić information content (AvgIpc) is 3.18. The van der Waals surface area contributed by atoms with E-state index in [1.165, 1.54) is 0 Å². The number of nitrogens with one attached hydrogen (secondary N) is 2. The fraction of sp³-hybridized carbons (Fsp3) is 0.833. The van der Waals surface area contributed by atoms with Crippen molar-refractivity contribution in [1.82, 2.24) is 10.6 Å². The maximum Gasteiger partial charge on any atom is 0.477 e. The molecule has 14 N–H and O–H groups in total. The Morgan fingerprint density at radius 1 is 0.694 bits per heavy atom. The summed E-state index contributed by atoms with van der Waals surface area (Å²) in [5, 5.41) is 74.7. The number of hydrogen-bond donors (Lipinski definition) is 13. The van der Waals surface area contributed by atoms with Crippen LogP contribution in [0, 0.1) is 0 Å². The van der Waals surface area contributed by atoms with Crippen LogP contribution < -0.4 is 16.4 Å². The molecular formula is C30H51N3O27P2. The van der Waals surface area contributed by atoms with Crippen molar-refractivity contribution >= 4 is 45.9 Å². The molecule has 1 unspecified atom stereocenters. The lowest BCUT2D eigenvalue weighted by molar-refractivity contribution is -0.298. The third kappa shape index (κ3) is 16.0. The highest BCUT2D eigenvalue weighted by Crippen LogP contribution is 2.49. The third-order valence-corrected chi connectivity index (χ3v) is 10.3. The highest BCUT2D eigenvalue weighted by molar-refractivity contribution is 7.47. The van der Waals surface area contributed by atoms with E-state index in [4.69, 9.17) is 47.7 Å². The van der Waals surface area contributed by atoms with Crippen molar-refractivity contribution in [2.45, 2.75) is 112 Å². The Kier molecular flexibility index (Phi) is 21.5. The highest BCUT2D eigenvalue weighted by Gasteiger charge is 2.55. The number of esters is 2. The highest BCUT2D eigenvalue weighted by atomic mass is 31.2. The molecule has 30 nitrogen and oxygen atoms in total. The van der Waals surface area contributed by atoms with E-state index in [-0.39, 0.29) is 6.47 Å². The van der Waals surface area contributed by atoms with Crippen LogP contribution >= 0.6 is 15.6 Å². The van der Waals surface area contributed by atoms with Crippen LogP contribution in [0.2, 0.25) is 0 Å². The van der Waals surface area contributed by atoms with E-state index >= 15 is 0 Å². The van der Waals surface area contributed by atoms with Crippen molar-refractivity contribution in [3.05, 3.63) is 0 Å². The van der Waals surface area contributed by atoms with Crippen LogP contribution in [0.4, 0.5) is 0 Å². The normalized spacial score (nSPS) is 33.7. The fourth-order valence-electron chi connectivity index (χ4n) is 6.02. The second-order valence-electron chi connectivity index (χ2n) is 13.4. The minimum Gasteiger partial charge on any atom is -0.467 e. The van der Waals surface area contributed by atoms with E-state index in [2.05, 4.69) is 15.4 Å². The molecule has 0 aliphatic carbocycles. The first kappa shape index (κ1) is 53.4. The van der Waals surface area contributed by atoms with Crippen LogP contribution in [-0.4, -0.2) is 213 Å². The summed E-state index contributed by atoms with van der Waals surface area (Å²) in [5.74, 6) is -4.49. The summed E-state index contributed by atoms with van der Waals surface area (Å²) in [5.41, 5.74) is 5.62. The Morgan fingerprint density at radius 2 is 1.24 bits per heavy atom. The van der Waals surface area contributed by atoms with Gasteiger partial charge >= 0.3 is 27.6 Å². The van der Waals surface area contributed by atoms with E-state index in [1.54, 1.807) is 0 Å². The van der Waals surface area contributed by atoms with Crippen molar-refractivity contribution in [1.29, 1.82) is 0 Å². The summed E-state index contributed by atoms with van der Waals surface area (Å²) >= 11 is 0. The Bertz CT molecular complexity index is 1580. The number of aliphatic hydroxyl groups is 7. The summed E-state index contributed by atoms with van der Waals surface area (Å²) in [7, 11) is -11.1. The van der Waals surface area contributed by atoms with Crippen molar-refractivity contribution < 1.29 is 130 Å². The molecule has 32 heteroatoms. The zero-order valence-electron chi connectivity index (χ0n) is 32.3. The number of phosphoric acid groups is 2. The van der Waals surface area contributed by atoms with Gasteiger partial charge in [-0.25, -0.2) is 9.13 Å². The van der Waals surface area contributed by atoms with E-state index < -0.39 is 197 Å². The van der Waals surface area contributed by atoms with E-state index in [9.17, 15) is 83.5 Å². The summed E-state index contributed by atoms with van der Waals surface area (Å²) < 4.78 is 77.6. The van der Waals surface area contributed by atoms with Gasteiger partial charge in [-0.05, 0) is 0 Å². The van der Waals surface area contributed by atoms with Gasteiger partial charge in [-0.15, -0.1) is 0 Å². The first-order valence-electron chi connectivity index (χ1n) is 18.4. The molecule has 0 radical (unpaired) electrons. The van der Waals surface area contributed by atoms with Crippen LogP contribution in [0.25, 0.3) is 0 Å². The van der Waals surface area contributed by atoms with Gasteiger partial charge in [-0.1, -0.05) is 0 Å². The number of carbonyl (C=O) groups excluding carboxylic acids is 5. The number of hydrogen-bond acceptors (Lipinski definition) is 25. The number of amides is 2. The van der Waals surface area contributed by atoms with Crippen LogP contribution in [0.15, 0.2) is 0 Å². The monoisotopic (exact) mass is 947 g/mol. The lowest BCUT2D eigenvalue weighted by Crippen LogP contribution is -2.68. The number of rotatable bonds is 24. The molecule has 2 amide bonds. The first-order chi connectivity index (χ1) is 29.2. The van der Waals surface area contributed by atoms with Crippen LogP contribution in [0.3, 0.4) is 0 Å². The summed E-state index contributed by atoms with van der Waals surface area (Å²) in [6, 6.07) is -5.02. The largest absolute Gasteiger partial charge is 0.477 e. The molecule has 3 aliphatic heterocycles. The molecule has 0 saturated carbocycles. The van der Waals surface area contributed by atoms with Gasteiger partial charge in [0, 0.05) is 6.42 Å². The number of nitrogens with two attached hydrogens (primary N) is 1. The summed E-state index contributed by atoms with van der Waals surface area (Å²) in [6.07, 6.45) is -25.0. The Labute approximate surface area is 350 Å². The second kappa shape index (κ2) is 25.0. The Morgan fingerprint density at radius 3 is 1.81 bits per heavy atom. The molecule has 3 rings (SSSR count). The second-order valence-corrected chi connectivity index (χ2v) is 16.0. The van der Waals surface area contributed by atoms with Crippen molar-refractivity contribution in [2.75, 3.05) is 46.2 Å². The molecule has 3 fully saturated rings. The molecule has 0 aromatic heterocycles. The smallest absolute Gasteiger partial charge is 0.467 e. The van der Waals surface area contributed by atoms with Gasteiger partial charge in [-0.2, -0.15) is 0 Å². The fourth-order valence-corrected chi connectivity index (χ4v) is 7.53. The quantitative estimate of drug-likeness (QED) is 0.0140. The predicted molar refractivity (Wildman–Crippen MR) is 190 cm³/mol. The molecule has 0 bridgehead atoms. The van der Waals surface area contributed by atoms with Gasteiger partial charge in [0.2, 0.25) is 11.8 Å². The molecule has 3 saturated heterocycles. The molecule has 15 atom stereocenters. The average molecular weight is 948 g/mol. The van der Waals surface area contributed by atoms with Gasteiger partial charge in [0.05, 0.1) is 71.6 Å². The minimum absolute atomic E-state index is 0.00917. The molecule has 3 aliphatic rings. The van der Waals surface area contributed by atoms with Gasteiger partial charge in [-0.3, -0.25) is 37.5 Å². The maximum absolute atomic E-state index is 13.4. The zero-order chi connectivity index (χ0) is 46.4. The van der Waals surface area contributed by atoms with Crippen LogP contribution in [0.5, 0.6) is 0 Å². The van der Waals surface area contributed by atoms with Gasteiger partial charge in [0.25, 0.3) is 6.47 Å². The molecule has 0 spiro atoms. The number of ether oxygens (including phenoxy) is 7. The van der Waals surface area contributed by atoms with E-state index in [1.807, 2.05) is 0 Å². The molecule has 62 heavy (non-hydrogen) atoms. The van der Waals surface area contributed by atoms with E-state index in [0.717, 1.165) is 0 Å². The minimum atomic E-state index is -5.63. The molecule has 0 aromatic rings. The van der Waals surface area contributed by atoms with Crippen molar-refractivity contribution in [3.63, 3.8) is 0 Å². The third-order valence-electron chi connectivity index (χ3n) is 8.85. The van der Waals surface area contributed by atoms with Crippen molar-refractivity contribution in [2.24, 2.45) is 5.73 Å². The predicted octanol–water partition coefficient (Wildman–Crippen LogP) is -7.67. The lowest BCUT2D eigenvalue weighted by atomic mass is 9.95. The maximum atomic E-state index is 13.4. The number of aliphatic hydroxyl groups excluding tert-OH is 7.